The van der Waals surface area contributed by atoms with Crippen molar-refractivity contribution in [1.29, 1.82) is 0 Å². The number of para-hydroxylation sites is 6. The Morgan fingerprint density at radius 1 is 0.414 bits per heavy atom. The van der Waals surface area contributed by atoms with Crippen LogP contribution in [0.4, 0.5) is 24.0 Å². The Labute approximate surface area is 658 Å². The molecule has 0 aliphatic carbocycles. The van der Waals surface area contributed by atoms with Gasteiger partial charge >= 0.3 is 96.3 Å². The molecule has 3 aliphatic rings. The molecule has 24 N–H and O–H groups in total. The maximum atomic E-state index is 12.4. The zero-order chi connectivity index (χ0) is 84.8. The first-order valence-corrected chi connectivity index (χ1v) is 35.4. The van der Waals surface area contributed by atoms with Gasteiger partial charge in [0.15, 0.2) is 0 Å². The van der Waals surface area contributed by atoms with Gasteiger partial charge in [0, 0.05) is 109 Å². The van der Waals surface area contributed by atoms with Crippen LogP contribution in [0.2, 0.25) is 0 Å². The molecule has 13 unspecified atom stereocenters. The quantitative estimate of drug-likeness (QED) is 0.00310. The van der Waals surface area contributed by atoms with E-state index in [-0.39, 0.29) is 172 Å². The van der Waals surface area contributed by atoms with E-state index in [0.717, 1.165) is 9.46 Å². The number of rotatable bonds is 29. The molecule has 0 saturated carbocycles. The van der Waals surface area contributed by atoms with Crippen molar-refractivity contribution in [2.24, 2.45) is 11.5 Å². The third-order valence-corrected chi connectivity index (χ3v) is 16.9. The van der Waals surface area contributed by atoms with Crippen LogP contribution < -0.4 is 69.4 Å². The summed E-state index contributed by atoms with van der Waals surface area (Å²) in [5.74, 6) is -0.930. The van der Waals surface area contributed by atoms with E-state index in [4.69, 9.17) is 95.6 Å². The van der Waals surface area contributed by atoms with Crippen molar-refractivity contribution < 1.29 is 202 Å². The number of nitrogens with one attached hydrogen (secondary N) is 2. The van der Waals surface area contributed by atoms with Gasteiger partial charge in [0.25, 0.3) is 0 Å². The number of carbonyl (C=O) groups is 5. The minimum absolute atomic E-state index is 0.0155. The van der Waals surface area contributed by atoms with Crippen LogP contribution in [0.15, 0.2) is 109 Å². The fraction of sp³-hybridized carbons (Fsp3) is 0.414. The Morgan fingerprint density at radius 3 is 0.991 bits per heavy atom. The monoisotopic (exact) mass is 1660 g/mol. The Kier molecular flexibility index (Phi) is 32.9. The lowest BCUT2D eigenvalue weighted by molar-refractivity contribution is -0.895. The normalized spacial score (nSPS) is 17.0. The molecule has 0 radical (unpaired) electrons. The summed E-state index contributed by atoms with van der Waals surface area (Å²) in [4.78, 5) is 58.4. The predicted octanol–water partition coefficient (Wildman–Crippen LogP) is -4.11. The van der Waals surface area contributed by atoms with E-state index >= 15 is 0 Å². The number of aromatic nitrogens is 6. The molecular formula is C70H89ClN10O35+6. The zero-order valence-electron chi connectivity index (χ0n) is 61.5. The van der Waals surface area contributed by atoms with E-state index in [9.17, 15) is 96.1 Å². The summed E-state index contributed by atoms with van der Waals surface area (Å²) >= 11 is 4.83. The molecule has 12 rings (SSSR count). The summed E-state index contributed by atoms with van der Waals surface area (Å²) in [5.41, 5.74) is 9.32. The second kappa shape index (κ2) is 42.3. The molecule has 0 amide bonds. The predicted molar refractivity (Wildman–Crippen MR) is 382 cm³/mol. The Morgan fingerprint density at radius 2 is 0.690 bits per heavy atom. The van der Waals surface area contributed by atoms with E-state index in [1.165, 1.54) is 116 Å². The third kappa shape index (κ3) is 24.1. The fourth-order valence-electron chi connectivity index (χ4n) is 10.4. The number of benzene rings is 6. The largest absolute Gasteiger partial charge is 0.514 e. The van der Waals surface area contributed by atoms with Crippen molar-refractivity contribution in [2.75, 3.05) is 92.6 Å². The topological polar surface area (TPSA) is 670 Å². The fourth-order valence-corrected chi connectivity index (χ4v) is 10.5. The number of carbonyl (C=O) groups excluding carboxylic acids is 5. The number of aliphatic hydroxyl groups is 10. The number of phenols is 2. The highest BCUT2D eigenvalue weighted by molar-refractivity contribution is 6.61. The highest BCUT2D eigenvalue weighted by atomic mass is 35.5. The molecule has 116 heavy (non-hydrogen) atoms. The highest BCUT2D eigenvalue weighted by Gasteiger charge is 2.40. The molecule has 3 fully saturated rings. The number of halogens is 1. The molecule has 0 spiro atoms. The first-order chi connectivity index (χ1) is 55.3. The number of fused-ring (bicyclic) bond motifs is 6. The molecule has 3 aromatic heterocycles. The van der Waals surface area contributed by atoms with E-state index in [0.29, 0.717) is 51.8 Å². The maximum absolute atomic E-state index is 12.4. The smallest absolute Gasteiger partial charge is 0.502 e. The summed E-state index contributed by atoms with van der Waals surface area (Å²) in [6.07, 6.45) is -17.9. The lowest BCUT2D eigenvalue weighted by atomic mass is 10.0. The number of nitrogens with two attached hydrogens (primary N) is 2. The second-order valence-corrected chi connectivity index (χ2v) is 25.7. The van der Waals surface area contributed by atoms with E-state index < -0.39 is 97.7 Å². The Bertz CT molecular complexity index is 4700. The van der Waals surface area contributed by atoms with Crippen molar-refractivity contribution in [2.45, 2.75) is 92.7 Å². The van der Waals surface area contributed by atoms with Gasteiger partial charge in [0.05, 0.1) is 50.3 Å². The zero-order valence-corrected chi connectivity index (χ0v) is 62.3. The minimum atomic E-state index is -1.68. The number of ether oxygens (including phenoxy) is 12. The summed E-state index contributed by atoms with van der Waals surface area (Å²) in [6, 6.07) is 25.8. The standard InChI is InChI=1S/C28H40N4O14.C20H18N2O10.C12H8N2O4.C6H16N2O4.C4H5ClO3/c1-3-15(33)13-43-27(39)45-21-8-4-6-17-23(21)31(41)18-7-5-9-22(24(18)32(17)42)46-28(40)44-14-16(34)10-30-12-20(36)26(38)25(37)19(35)11-29-2;23-19(29-9-11-7-27-11)31-15-5-1-3-13-17(15)22(26)14-4-2-6-16(18(14)21(13)25)32-20(24)30-10-12-8-28-12;15-9-5-1-3-7-11(9)14(18)8-4-2-6-10(16)12(8)13(7)17;7-1-3(9)5(11)6(12)4(10)2-8;5-4(6)8-2-3-1-7-3/h4-9,15-16,19-20,25-26,29-30,33-38,41-42H,3,10-14H2,1-2H3;1-6,11-12,25-26H,7-10H2;1-6,17H,(H-,15,16,18);3-6,9-12H,1-2,7-8H2;3H,1-2H2/q2*+2;;;/p+2. The van der Waals surface area contributed by atoms with E-state index in [1.807, 2.05) is 0 Å². The lowest BCUT2D eigenvalue weighted by Gasteiger charge is -2.26. The summed E-state index contributed by atoms with van der Waals surface area (Å²) in [7, 11) is 1.54. The molecule has 13 atom stereocenters. The van der Waals surface area contributed by atoms with Crippen LogP contribution >= 0.6 is 11.6 Å². The van der Waals surface area contributed by atoms with Gasteiger partial charge in [-0.15, -0.1) is 0 Å². The van der Waals surface area contributed by atoms with Crippen LogP contribution in [0.5, 0.6) is 34.5 Å². The van der Waals surface area contributed by atoms with Gasteiger partial charge in [0.1, 0.15) is 81.9 Å². The number of epoxide rings is 3. The van der Waals surface area contributed by atoms with Crippen LogP contribution in [0.25, 0.3) is 66.2 Å². The summed E-state index contributed by atoms with van der Waals surface area (Å²) < 4.78 is 63.6. The van der Waals surface area contributed by atoms with Crippen LogP contribution in [0.3, 0.4) is 0 Å². The van der Waals surface area contributed by atoms with Crippen molar-refractivity contribution in [1.82, 2.24) is 10.6 Å². The average Bonchev–Trinajstić information content (AvgIpc) is 1.32. The molecule has 46 heteroatoms. The number of phenolic OH excluding ortho intramolecular Hbond substituents is 2. The van der Waals surface area contributed by atoms with Crippen molar-refractivity contribution in [3.05, 3.63) is 109 Å². The van der Waals surface area contributed by atoms with Crippen LogP contribution in [-0.2, 0) is 37.9 Å². The van der Waals surface area contributed by atoms with Crippen LogP contribution in [0.1, 0.15) is 13.3 Å². The van der Waals surface area contributed by atoms with Gasteiger partial charge < -0.3 is 140 Å². The Balaban J connectivity index is 0.000000205. The maximum Gasteiger partial charge on any atom is 0.514 e. The summed E-state index contributed by atoms with van der Waals surface area (Å²) in [6.45, 7) is 2.07. The molecule has 6 heterocycles. The van der Waals surface area contributed by atoms with Crippen molar-refractivity contribution in [3.8, 4) is 34.5 Å². The molecular weight excluding hydrogens is 1580 g/mol. The SMILES string of the molecule is CCC(O)COC(=O)Oc1cccc2c1[n+](O)c1cccc(OC(=O)OCC(O)CNCC(O)C(O)C(O)C(O)CNC)c1[n+]2O.NCC(O)C(O)C(O)C(O)CN.O=C(Cl)OCC1CO1.O=C(OCC1CO1)Oc1cccc2c1[n+](O)c1cccc(OC(=O)OCC3CO3)c1[n+]2O.Oc1cccc2c1[n+](O)c1cccc(O)c1[n+]2O. The molecule has 0 bridgehead atoms. The molecule has 3 saturated heterocycles. The minimum Gasteiger partial charge on any atom is -0.502 e. The number of nitrogens with zero attached hydrogens (tertiary/aromatic N) is 6. The molecule has 6 aromatic carbocycles. The number of hydrogen-bond donors (Lipinski definition) is 22. The summed E-state index contributed by atoms with van der Waals surface area (Å²) in [5, 5.41) is 184. The molecule has 9 aromatic rings. The van der Waals surface area contributed by atoms with Gasteiger partial charge in [-0.3, -0.25) is 31.2 Å². The van der Waals surface area contributed by atoms with Gasteiger partial charge in [-0.1, -0.05) is 43.3 Å². The molecule has 45 nitrogen and oxygen atoms in total. The number of aromatic hydroxyl groups is 2. The average molecular weight is 1670 g/mol. The number of hydrogen-bond acceptors (Lipinski definition) is 39. The first kappa shape index (κ1) is 90.2. The van der Waals surface area contributed by atoms with E-state index in [2.05, 4.69) is 15.4 Å². The first-order valence-electron chi connectivity index (χ1n) is 35.1. The Hall–Kier alpha value is -11.3. The van der Waals surface area contributed by atoms with Crippen molar-refractivity contribution >= 4 is 108 Å². The van der Waals surface area contributed by atoms with Gasteiger partial charge in [0.2, 0.25) is 34.5 Å². The van der Waals surface area contributed by atoms with Gasteiger partial charge in [-0.2, -0.15) is 0 Å². The van der Waals surface area contributed by atoms with Gasteiger partial charge in [-0.25, -0.2) is 24.0 Å². The molecule has 630 valence electrons. The highest BCUT2D eigenvalue weighted by Crippen LogP contribution is 2.30. The lowest BCUT2D eigenvalue weighted by Crippen LogP contribution is -2.50. The van der Waals surface area contributed by atoms with Crippen molar-refractivity contribution in [3.63, 3.8) is 0 Å². The second-order valence-electron chi connectivity index (χ2n) is 25.4. The molecule has 3 aliphatic heterocycles. The number of aliphatic hydroxyl groups excluding tert-OH is 10. The van der Waals surface area contributed by atoms with E-state index in [1.54, 1.807) is 6.92 Å². The van der Waals surface area contributed by atoms with Crippen LogP contribution in [-0.4, -0.2) is 295 Å². The third-order valence-electron chi connectivity index (χ3n) is 16.8. The number of likely N-dealkylation sites (N-methyl/N-ethyl adjacent to an activating group) is 1. The van der Waals surface area contributed by atoms with Crippen LogP contribution in [0, 0.1) is 0 Å². The van der Waals surface area contributed by atoms with Gasteiger partial charge in [-0.05, 0) is 49.9 Å².